The Bertz CT molecular complexity index is 846. The molecule has 6 heteroatoms. The van der Waals surface area contributed by atoms with Crippen molar-refractivity contribution in [2.24, 2.45) is 17.3 Å². The highest BCUT2D eigenvalue weighted by Gasteiger charge is 2.51. The maximum atomic E-state index is 13.4. The zero-order valence-electron chi connectivity index (χ0n) is 18.9. The molecule has 5 rings (SSSR count). The maximum Gasteiger partial charge on any atom is 0.322 e. The van der Waals surface area contributed by atoms with E-state index in [4.69, 9.17) is 4.74 Å². The Labute approximate surface area is 185 Å². The van der Waals surface area contributed by atoms with E-state index in [0.717, 1.165) is 30.9 Å². The topological polar surface area (TPSA) is 70.7 Å². The number of carbonyl (C=O) groups excluding carboxylic acids is 2. The number of nitrogens with zero attached hydrogens (tertiary/aromatic N) is 1. The summed E-state index contributed by atoms with van der Waals surface area (Å²) in [6, 6.07) is 6.73. The number of fused-ring (bicyclic) bond motifs is 1. The molecule has 2 N–H and O–H groups in total. The van der Waals surface area contributed by atoms with Gasteiger partial charge in [0.1, 0.15) is 11.8 Å². The molecule has 4 aliphatic rings. The lowest BCUT2D eigenvalue weighted by atomic mass is 9.49. The van der Waals surface area contributed by atoms with E-state index in [0.29, 0.717) is 37.7 Å². The number of benzene rings is 1. The third-order valence-electron chi connectivity index (χ3n) is 7.50. The minimum absolute atomic E-state index is 0.0403. The van der Waals surface area contributed by atoms with Crippen molar-refractivity contribution in [2.45, 2.75) is 58.9 Å². The van der Waals surface area contributed by atoms with Gasteiger partial charge in [0, 0.05) is 18.8 Å². The third kappa shape index (κ3) is 4.43. The fourth-order valence-electron chi connectivity index (χ4n) is 5.39. The summed E-state index contributed by atoms with van der Waals surface area (Å²) >= 11 is 0. The number of hydrogen-bond acceptors (Lipinski definition) is 3. The summed E-state index contributed by atoms with van der Waals surface area (Å²) in [5.74, 6) is 1.98. The van der Waals surface area contributed by atoms with Crippen molar-refractivity contribution in [1.29, 1.82) is 0 Å². The van der Waals surface area contributed by atoms with Crippen LogP contribution in [-0.2, 0) is 4.79 Å². The van der Waals surface area contributed by atoms with E-state index >= 15 is 0 Å². The van der Waals surface area contributed by atoms with Gasteiger partial charge in [-0.3, -0.25) is 4.79 Å². The van der Waals surface area contributed by atoms with Gasteiger partial charge < -0.3 is 20.3 Å². The van der Waals surface area contributed by atoms with Crippen LogP contribution in [0.15, 0.2) is 35.9 Å². The maximum absolute atomic E-state index is 13.4. The van der Waals surface area contributed by atoms with Crippen LogP contribution in [0.5, 0.6) is 5.75 Å². The average molecular weight is 426 g/mol. The molecule has 1 aromatic rings. The molecule has 31 heavy (non-hydrogen) atoms. The van der Waals surface area contributed by atoms with E-state index in [1.165, 1.54) is 12.0 Å². The standard InChI is InChI=1S/C25H35N3O3/c1-4-31-20-12-10-19(11-13-20)27-24(30)28(22-7-5-6-14-26-23(22)29)16-17-8-9-18-15-21(17)25(18,2)3/h8,10-13,18,21-22H,4-7,9,14-16H2,1-3H3,(H,26,29)(H,27,30). The summed E-state index contributed by atoms with van der Waals surface area (Å²) < 4.78 is 5.49. The van der Waals surface area contributed by atoms with Crippen LogP contribution in [0, 0.1) is 17.3 Å². The first-order valence-corrected chi connectivity index (χ1v) is 11.7. The van der Waals surface area contributed by atoms with Crippen LogP contribution in [-0.4, -0.2) is 42.6 Å². The molecule has 0 aromatic heterocycles. The molecule has 1 aromatic carbocycles. The van der Waals surface area contributed by atoms with Gasteiger partial charge in [-0.15, -0.1) is 0 Å². The smallest absolute Gasteiger partial charge is 0.322 e. The van der Waals surface area contributed by atoms with Crippen LogP contribution in [0.3, 0.4) is 0 Å². The van der Waals surface area contributed by atoms with Gasteiger partial charge in [0.2, 0.25) is 5.91 Å². The quantitative estimate of drug-likeness (QED) is 0.656. The van der Waals surface area contributed by atoms with E-state index in [2.05, 4.69) is 30.6 Å². The highest BCUT2D eigenvalue weighted by Crippen LogP contribution is 2.59. The molecule has 3 amide bonds. The zero-order chi connectivity index (χ0) is 22.0. The Morgan fingerprint density at radius 1 is 1.26 bits per heavy atom. The number of allylic oxidation sites excluding steroid dienone is 1. The Hall–Kier alpha value is -2.50. The second-order valence-electron chi connectivity index (χ2n) is 9.64. The second-order valence-corrected chi connectivity index (χ2v) is 9.64. The highest BCUT2D eigenvalue weighted by atomic mass is 16.5. The fourth-order valence-corrected chi connectivity index (χ4v) is 5.39. The monoisotopic (exact) mass is 425 g/mol. The number of rotatable bonds is 6. The lowest BCUT2D eigenvalue weighted by Crippen LogP contribution is -2.54. The number of anilines is 1. The number of ether oxygens (including phenoxy) is 1. The van der Waals surface area contributed by atoms with E-state index in [9.17, 15) is 9.59 Å². The molecule has 0 spiro atoms. The number of carbonyl (C=O) groups is 2. The molecular weight excluding hydrogens is 390 g/mol. The molecule has 1 heterocycles. The van der Waals surface area contributed by atoms with Gasteiger partial charge in [-0.25, -0.2) is 4.79 Å². The fraction of sp³-hybridized carbons (Fsp3) is 0.600. The Morgan fingerprint density at radius 2 is 2.03 bits per heavy atom. The summed E-state index contributed by atoms with van der Waals surface area (Å²) in [6.07, 6.45) is 7.18. The van der Waals surface area contributed by atoms with Crippen molar-refractivity contribution in [2.75, 3.05) is 25.0 Å². The number of hydrogen-bond donors (Lipinski definition) is 2. The van der Waals surface area contributed by atoms with Crippen molar-refractivity contribution >= 4 is 17.6 Å². The van der Waals surface area contributed by atoms with Gasteiger partial charge in [0.25, 0.3) is 0 Å². The van der Waals surface area contributed by atoms with Crippen LogP contribution in [0.4, 0.5) is 10.5 Å². The van der Waals surface area contributed by atoms with Gasteiger partial charge in [-0.05, 0) is 80.5 Å². The molecule has 1 aliphatic heterocycles. The van der Waals surface area contributed by atoms with Crippen molar-refractivity contribution in [3.63, 3.8) is 0 Å². The zero-order valence-corrected chi connectivity index (χ0v) is 18.9. The minimum Gasteiger partial charge on any atom is -0.494 e. The lowest BCUT2D eigenvalue weighted by molar-refractivity contribution is -0.125. The molecule has 2 bridgehead atoms. The normalized spacial score (nSPS) is 26.6. The van der Waals surface area contributed by atoms with Crippen molar-refractivity contribution in [3.05, 3.63) is 35.9 Å². The number of urea groups is 1. The van der Waals surface area contributed by atoms with E-state index < -0.39 is 6.04 Å². The molecule has 2 fully saturated rings. The minimum atomic E-state index is -0.438. The molecular formula is C25H35N3O3. The molecule has 1 saturated heterocycles. The summed E-state index contributed by atoms with van der Waals surface area (Å²) in [4.78, 5) is 28.0. The van der Waals surface area contributed by atoms with E-state index in [1.807, 2.05) is 31.2 Å². The van der Waals surface area contributed by atoms with Gasteiger partial charge in [-0.2, -0.15) is 0 Å². The molecule has 3 atom stereocenters. The predicted octanol–water partition coefficient (Wildman–Crippen LogP) is 4.58. The molecule has 6 nitrogen and oxygen atoms in total. The Morgan fingerprint density at radius 3 is 2.71 bits per heavy atom. The number of amides is 3. The lowest BCUT2D eigenvalue weighted by Gasteiger charge is -2.57. The van der Waals surface area contributed by atoms with E-state index in [1.54, 1.807) is 4.90 Å². The van der Waals surface area contributed by atoms with Crippen LogP contribution in [0.1, 0.15) is 52.9 Å². The first-order chi connectivity index (χ1) is 14.9. The van der Waals surface area contributed by atoms with Crippen molar-refractivity contribution < 1.29 is 14.3 Å². The molecule has 3 unspecified atom stereocenters. The first kappa shape index (κ1) is 21.7. The largest absolute Gasteiger partial charge is 0.494 e. The first-order valence-electron chi connectivity index (χ1n) is 11.7. The van der Waals surface area contributed by atoms with Crippen LogP contribution in [0.25, 0.3) is 0 Å². The molecule has 1 saturated carbocycles. The molecule has 3 aliphatic carbocycles. The van der Waals surface area contributed by atoms with Crippen LogP contribution >= 0.6 is 0 Å². The summed E-state index contributed by atoms with van der Waals surface area (Å²) in [7, 11) is 0. The second kappa shape index (κ2) is 8.93. The SMILES string of the molecule is CCOc1ccc(NC(=O)N(CC2=CCC3CC2C3(C)C)C2CCCCNC2=O)cc1. The van der Waals surface area contributed by atoms with Gasteiger partial charge >= 0.3 is 6.03 Å². The predicted molar refractivity (Wildman–Crippen MR) is 122 cm³/mol. The van der Waals surface area contributed by atoms with Crippen molar-refractivity contribution in [1.82, 2.24) is 10.2 Å². The van der Waals surface area contributed by atoms with E-state index in [-0.39, 0.29) is 17.4 Å². The highest BCUT2D eigenvalue weighted by molar-refractivity contribution is 5.94. The van der Waals surface area contributed by atoms with Gasteiger partial charge in [-0.1, -0.05) is 25.5 Å². The van der Waals surface area contributed by atoms with Crippen molar-refractivity contribution in [3.8, 4) is 5.75 Å². The van der Waals surface area contributed by atoms with Crippen LogP contribution in [0.2, 0.25) is 0 Å². The molecule has 0 radical (unpaired) electrons. The van der Waals surface area contributed by atoms with Gasteiger partial charge in [0.05, 0.1) is 6.61 Å². The molecule has 168 valence electrons. The Kier molecular flexibility index (Phi) is 6.26. The average Bonchev–Trinajstić information content (AvgIpc) is 2.97. The van der Waals surface area contributed by atoms with Gasteiger partial charge in [0.15, 0.2) is 0 Å². The summed E-state index contributed by atoms with van der Waals surface area (Å²) in [6.45, 7) is 8.41. The summed E-state index contributed by atoms with van der Waals surface area (Å²) in [5, 5.41) is 6.01. The summed E-state index contributed by atoms with van der Waals surface area (Å²) in [5.41, 5.74) is 2.30. The number of nitrogens with one attached hydrogen (secondary N) is 2. The third-order valence-corrected chi connectivity index (χ3v) is 7.50. The Balaban J connectivity index is 1.53. The van der Waals surface area contributed by atoms with Crippen LogP contribution < -0.4 is 15.4 Å².